The van der Waals surface area contributed by atoms with E-state index >= 15 is 0 Å². The van der Waals surface area contributed by atoms with Crippen LogP contribution in [0.2, 0.25) is 0 Å². The summed E-state index contributed by atoms with van der Waals surface area (Å²) in [5.74, 6) is -0.407. The van der Waals surface area contributed by atoms with Gasteiger partial charge < -0.3 is 38.7 Å². The van der Waals surface area contributed by atoms with Gasteiger partial charge in [-0.05, 0) is 0 Å². The zero-order chi connectivity index (χ0) is 10.8. The van der Waals surface area contributed by atoms with Crippen LogP contribution in [0.1, 0.15) is 12.1 Å². The van der Waals surface area contributed by atoms with Crippen molar-refractivity contribution in [3.05, 3.63) is 38.1 Å². The van der Waals surface area contributed by atoms with E-state index < -0.39 is 5.91 Å². The zero-order valence-corrected chi connectivity index (χ0v) is 14.2. The molecule has 1 radical (unpaired) electrons. The van der Waals surface area contributed by atoms with Crippen molar-refractivity contribution in [2.24, 2.45) is 0 Å². The summed E-state index contributed by atoms with van der Waals surface area (Å²) in [6, 6.07) is 0. The number of amides is 2. The molecule has 0 unspecified atom stereocenters. The molecule has 16 heavy (non-hydrogen) atoms. The molecule has 1 aromatic rings. The zero-order valence-electron chi connectivity index (χ0n) is 8.47. The van der Waals surface area contributed by atoms with Crippen molar-refractivity contribution in [1.29, 1.82) is 0 Å². The van der Waals surface area contributed by atoms with Crippen molar-refractivity contribution in [2.75, 3.05) is 0 Å². The third-order valence-corrected chi connectivity index (χ3v) is 0.981. The summed E-state index contributed by atoms with van der Waals surface area (Å²) in [7, 11) is 0. The summed E-state index contributed by atoms with van der Waals surface area (Å²) in [6.45, 7) is 6.73. The fourth-order valence-corrected chi connectivity index (χ4v) is 0.417. The molecular formula is C9H9N3O2WY-4. The molecule has 1 aromatic heterocycles. The maximum Gasteiger partial charge on any atom is 0.0713 e. The summed E-state index contributed by atoms with van der Waals surface area (Å²) >= 11 is 0. The van der Waals surface area contributed by atoms with E-state index in [1.165, 1.54) is 12.6 Å². The van der Waals surface area contributed by atoms with Crippen LogP contribution in [0.4, 0.5) is 0 Å². The van der Waals surface area contributed by atoms with Crippen molar-refractivity contribution < 1.29 is 63.4 Å². The van der Waals surface area contributed by atoms with E-state index in [0.717, 1.165) is 0 Å². The maximum atomic E-state index is 9.98. The minimum Gasteiger partial charge on any atom is -0.486 e. The summed E-state index contributed by atoms with van der Waals surface area (Å²) in [4.78, 5) is 26.6. The minimum atomic E-state index is -0.407. The van der Waals surface area contributed by atoms with Gasteiger partial charge in [0, 0.05) is 59.7 Å². The molecule has 0 atom stereocenters. The standard InChI is InChI=1S/C5H4N2.C4H5NO2.W.Y/c1-5-4-6-2-3-7-5;1-2-4(7)5-3-6;;/h2,4H,1H2;1-2H2,(H,5,6,7);;/q2*-2;;. The smallest absolute Gasteiger partial charge is 0.0713 e. The van der Waals surface area contributed by atoms with Crippen LogP contribution in [0.5, 0.6) is 0 Å². The van der Waals surface area contributed by atoms with Gasteiger partial charge in [-0.2, -0.15) is 12.6 Å². The van der Waals surface area contributed by atoms with Gasteiger partial charge in [0.05, 0.1) is 6.41 Å². The second kappa shape index (κ2) is 14.9. The van der Waals surface area contributed by atoms with Crippen molar-refractivity contribution in [3.63, 3.8) is 0 Å². The molecule has 2 amide bonds. The largest absolute Gasteiger partial charge is 0.486 e. The molecule has 0 saturated carbocycles. The van der Waals surface area contributed by atoms with Crippen LogP contribution in [-0.4, -0.2) is 22.3 Å². The van der Waals surface area contributed by atoms with E-state index in [2.05, 4.69) is 30.0 Å². The van der Waals surface area contributed by atoms with E-state index in [9.17, 15) is 9.59 Å². The first-order valence-corrected chi connectivity index (χ1v) is 3.66. The Morgan fingerprint density at radius 3 is 2.44 bits per heavy atom. The number of hydrogen-bond donors (Lipinski definition) is 1. The molecule has 1 rings (SSSR count). The molecule has 0 aliphatic rings. The SMILES string of the molecule is [CH2-]CC(=O)N[C-]=O.[CH2-]c1cnc[c-]n1.[W].[Y]. The normalized spacial score (nSPS) is 7.06. The molecule has 5 nitrogen and oxygen atoms in total. The number of carbonyl (C=O) groups is 1. The first-order valence-electron chi connectivity index (χ1n) is 3.66. The fourth-order valence-electron chi connectivity index (χ4n) is 0.417. The predicted octanol–water partition coefficient (Wildman–Crippen LogP) is -0.152. The van der Waals surface area contributed by atoms with E-state index in [4.69, 9.17) is 0 Å². The number of aromatic nitrogens is 2. The molecule has 0 aliphatic heterocycles. The molecule has 85 valence electrons. The van der Waals surface area contributed by atoms with Gasteiger partial charge in [0.25, 0.3) is 0 Å². The van der Waals surface area contributed by atoms with Gasteiger partial charge in [0.2, 0.25) is 0 Å². The van der Waals surface area contributed by atoms with Gasteiger partial charge >= 0.3 is 0 Å². The summed E-state index contributed by atoms with van der Waals surface area (Å²) in [5.41, 5.74) is 0.655. The molecule has 0 bridgehead atoms. The number of nitrogens with one attached hydrogen (secondary N) is 1. The van der Waals surface area contributed by atoms with Crippen molar-refractivity contribution >= 4 is 12.3 Å². The average molecular weight is 464 g/mol. The molecule has 1 heterocycles. The number of hydrogen-bond acceptors (Lipinski definition) is 4. The second-order valence-corrected chi connectivity index (χ2v) is 2.04. The molecule has 7 heteroatoms. The summed E-state index contributed by atoms with van der Waals surface area (Å²) in [5, 5.41) is 1.79. The first-order chi connectivity index (χ1) is 6.70. The molecular weight excluding hydrogens is 455 g/mol. The van der Waals surface area contributed by atoms with E-state index in [-0.39, 0.29) is 60.2 Å². The Labute approximate surface area is 134 Å². The van der Waals surface area contributed by atoms with Gasteiger partial charge in [-0.3, -0.25) is 0 Å². The van der Waals surface area contributed by atoms with Crippen LogP contribution in [0.25, 0.3) is 0 Å². The summed E-state index contributed by atoms with van der Waals surface area (Å²) < 4.78 is 0. The van der Waals surface area contributed by atoms with Crippen molar-refractivity contribution in [3.8, 4) is 0 Å². The molecule has 1 N–H and O–H groups in total. The van der Waals surface area contributed by atoms with Gasteiger partial charge in [-0.1, -0.05) is 6.20 Å². The predicted molar refractivity (Wildman–Crippen MR) is 49.1 cm³/mol. The first kappa shape index (κ1) is 21.2. The third-order valence-electron chi connectivity index (χ3n) is 0.981. The Kier molecular flexibility index (Phi) is 19.7. The third kappa shape index (κ3) is 13.9. The Morgan fingerprint density at radius 1 is 1.62 bits per heavy atom. The molecule has 0 saturated heterocycles. The molecule has 0 spiro atoms. The monoisotopic (exact) mass is 464 g/mol. The summed E-state index contributed by atoms with van der Waals surface area (Å²) in [6.07, 6.45) is 6.92. The molecule has 0 fully saturated rings. The minimum absolute atomic E-state index is 0. The van der Waals surface area contributed by atoms with Crippen LogP contribution in [0.15, 0.2) is 12.4 Å². The quantitative estimate of drug-likeness (QED) is 0.489. The fraction of sp³-hybridized carbons (Fsp3) is 0.111. The maximum absolute atomic E-state index is 9.98. The van der Waals surface area contributed by atoms with Crippen LogP contribution < -0.4 is 5.32 Å². The number of imide groups is 1. The van der Waals surface area contributed by atoms with E-state index in [1.807, 2.05) is 0 Å². The van der Waals surface area contributed by atoms with Crippen molar-refractivity contribution in [1.82, 2.24) is 15.3 Å². The number of nitrogens with zero attached hydrogens (tertiary/aromatic N) is 2. The Morgan fingerprint density at radius 2 is 2.25 bits per heavy atom. The Bertz CT molecular complexity index is 285. The second-order valence-electron chi connectivity index (χ2n) is 2.04. The van der Waals surface area contributed by atoms with Crippen molar-refractivity contribution in [2.45, 2.75) is 6.42 Å². The number of rotatable bonds is 2. The van der Waals surface area contributed by atoms with E-state index in [0.29, 0.717) is 5.69 Å². The van der Waals surface area contributed by atoms with Crippen LogP contribution in [-0.2, 0) is 63.4 Å². The van der Waals surface area contributed by atoms with Crippen LogP contribution in [0.3, 0.4) is 0 Å². The number of carbonyl (C=O) groups excluding carboxylic acids is 2. The Hall–Kier alpha value is -0.118. The van der Waals surface area contributed by atoms with Gasteiger partial charge in [-0.15, -0.1) is 6.20 Å². The van der Waals surface area contributed by atoms with Gasteiger partial charge in [-0.25, -0.2) is 5.69 Å². The Balaban J connectivity index is -0.000000188. The average Bonchev–Trinajstić information content (AvgIpc) is 2.20. The van der Waals surface area contributed by atoms with Crippen LogP contribution in [0, 0.1) is 20.0 Å². The van der Waals surface area contributed by atoms with Gasteiger partial charge in [0.1, 0.15) is 0 Å². The van der Waals surface area contributed by atoms with E-state index in [1.54, 1.807) is 11.5 Å². The van der Waals surface area contributed by atoms with Crippen LogP contribution >= 0.6 is 0 Å². The molecule has 0 aromatic carbocycles. The topological polar surface area (TPSA) is 72.0 Å². The van der Waals surface area contributed by atoms with Gasteiger partial charge in [0.15, 0.2) is 0 Å². The molecule has 0 aliphatic carbocycles.